The quantitative estimate of drug-likeness (QED) is 0.541. The van der Waals surface area contributed by atoms with E-state index in [1.807, 2.05) is 54.6 Å². The van der Waals surface area contributed by atoms with Crippen molar-refractivity contribution in [3.63, 3.8) is 0 Å². The van der Waals surface area contributed by atoms with E-state index in [4.69, 9.17) is 9.47 Å². The lowest BCUT2D eigenvalue weighted by Crippen LogP contribution is -2.47. The molecule has 6 heteroatoms. The highest BCUT2D eigenvalue weighted by atomic mass is 16.5. The third-order valence-corrected chi connectivity index (χ3v) is 4.68. The van der Waals surface area contributed by atoms with E-state index >= 15 is 0 Å². The minimum absolute atomic E-state index is 0.399. The second-order valence-electron chi connectivity index (χ2n) is 7.00. The molecule has 160 valence electrons. The number of rotatable bonds is 8. The predicted octanol–water partition coefficient (Wildman–Crippen LogP) is 4.06. The lowest BCUT2D eigenvalue weighted by atomic mass is 10.2. The first-order valence-electron chi connectivity index (χ1n) is 10.2. The van der Waals surface area contributed by atoms with Crippen molar-refractivity contribution in [2.45, 2.75) is 33.0 Å². The molecule has 0 saturated heterocycles. The van der Waals surface area contributed by atoms with E-state index in [2.05, 4.69) is 17.8 Å². The van der Waals surface area contributed by atoms with Crippen LogP contribution in [-0.2, 0) is 17.8 Å². The monoisotopic (exact) mass is 418 g/mol. The van der Waals surface area contributed by atoms with Gasteiger partial charge in [0.25, 0.3) is 11.8 Å². The molecule has 0 aliphatic carbocycles. The zero-order valence-corrected chi connectivity index (χ0v) is 17.6. The molecular weight excluding hydrogens is 392 g/mol. The first-order valence-corrected chi connectivity index (χ1v) is 10.2. The smallest absolute Gasteiger partial charge is 0.279 e. The summed E-state index contributed by atoms with van der Waals surface area (Å²) in [7, 11) is 0. The summed E-state index contributed by atoms with van der Waals surface area (Å²) < 4.78 is 11.3. The molecule has 0 aliphatic rings. The molecular formula is C25H26N2O4. The van der Waals surface area contributed by atoms with Crippen LogP contribution in [-0.4, -0.2) is 17.9 Å². The first kappa shape index (κ1) is 21.9. The summed E-state index contributed by atoms with van der Waals surface area (Å²) >= 11 is 0. The number of nitrogens with one attached hydrogen (secondary N) is 2. The molecule has 0 aliphatic heterocycles. The molecule has 2 amide bonds. The van der Waals surface area contributed by atoms with E-state index in [9.17, 15) is 9.59 Å². The van der Waals surface area contributed by atoms with Gasteiger partial charge in [0.2, 0.25) is 0 Å². The second-order valence-corrected chi connectivity index (χ2v) is 7.00. The van der Waals surface area contributed by atoms with Crippen molar-refractivity contribution in [3.8, 4) is 11.5 Å². The molecule has 0 bridgehead atoms. The Morgan fingerprint density at radius 2 is 1.45 bits per heavy atom. The summed E-state index contributed by atoms with van der Waals surface area (Å²) in [6, 6.07) is 24.1. The minimum atomic E-state index is -0.762. The van der Waals surface area contributed by atoms with Gasteiger partial charge in [-0.3, -0.25) is 20.4 Å². The predicted molar refractivity (Wildman–Crippen MR) is 119 cm³/mol. The maximum absolute atomic E-state index is 12.3. The van der Waals surface area contributed by atoms with Crippen molar-refractivity contribution in [2.75, 3.05) is 0 Å². The Hall–Kier alpha value is -3.80. The number of hydrazine groups is 1. The Kier molecular flexibility index (Phi) is 7.65. The van der Waals surface area contributed by atoms with E-state index in [0.717, 1.165) is 12.0 Å². The summed E-state index contributed by atoms with van der Waals surface area (Å²) in [6.45, 7) is 4.13. The Morgan fingerprint density at radius 3 is 2.10 bits per heavy atom. The molecule has 2 N–H and O–H groups in total. The molecule has 0 spiro atoms. The fourth-order valence-corrected chi connectivity index (χ4v) is 2.80. The summed E-state index contributed by atoms with van der Waals surface area (Å²) in [4.78, 5) is 24.5. The van der Waals surface area contributed by atoms with Gasteiger partial charge >= 0.3 is 0 Å². The van der Waals surface area contributed by atoms with E-state index < -0.39 is 17.9 Å². The maximum atomic E-state index is 12.3. The Labute approximate surface area is 182 Å². The maximum Gasteiger partial charge on any atom is 0.279 e. The molecule has 0 heterocycles. The molecule has 1 atom stereocenters. The molecule has 3 rings (SSSR count). The number of benzene rings is 3. The normalized spacial score (nSPS) is 11.3. The average Bonchev–Trinajstić information content (AvgIpc) is 2.82. The van der Waals surface area contributed by atoms with Crippen molar-refractivity contribution in [1.29, 1.82) is 0 Å². The fraction of sp³-hybridized carbons (Fsp3) is 0.200. The molecule has 0 radical (unpaired) electrons. The molecule has 0 fully saturated rings. The number of hydrogen-bond donors (Lipinski definition) is 2. The number of carbonyl (C=O) groups excluding carboxylic acids is 2. The number of ether oxygens (including phenoxy) is 2. The summed E-state index contributed by atoms with van der Waals surface area (Å²) in [6.07, 6.45) is 0.171. The lowest BCUT2D eigenvalue weighted by molar-refractivity contribution is -0.128. The highest BCUT2D eigenvalue weighted by Crippen LogP contribution is 2.15. The van der Waals surface area contributed by atoms with Crippen LogP contribution in [0.3, 0.4) is 0 Å². The van der Waals surface area contributed by atoms with E-state index in [1.54, 1.807) is 31.2 Å². The largest absolute Gasteiger partial charge is 0.489 e. The van der Waals surface area contributed by atoms with Gasteiger partial charge in [0.15, 0.2) is 6.10 Å². The van der Waals surface area contributed by atoms with Crippen LogP contribution in [0.2, 0.25) is 0 Å². The van der Waals surface area contributed by atoms with Crippen molar-refractivity contribution in [2.24, 2.45) is 0 Å². The van der Waals surface area contributed by atoms with Crippen LogP contribution in [0.5, 0.6) is 11.5 Å². The summed E-state index contributed by atoms with van der Waals surface area (Å²) in [5, 5.41) is 0. The zero-order valence-electron chi connectivity index (χ0n) is 17.6. The van der Waals surface area contributed by atoms with Crippen LogP contribution >= 0.6 is 0 Å². The molecule has 0 saturated carbocycles. The van der Waals surface area contributed by atoms with Crippen LogP contribution in [0.4, 0.5) is 0 Å². The van der Waals surface area contributed by atoms with Gasteiger partial charge in [-0.2, -0.15) is 0 Å². The topological polar surface area (TPSA) is 76.7 Å². The van der Waals surface area contributed by atoms with Crippen LogP contribution in [0.25, 0.3) is 0 Å². The number of hydrogen-bond acceptors (Lipinski definition) is 4. The van der Waals surface area contributed by atoms with Gasteiger partial charge in [0.05, 0.1) is 0 Å². The summed E-state index contributed by atoms with van der Waals surface area (Å²) in [5.41, 5.74) is 7.44. The molecule has 6 nitrogen and oxygen atoms in total. The van der Waals surface area contributed by atoms with Crippen molar-refractivity contribution in [3.05, 3.63) is 95.6 Å². The van der Waals surface area contributed by atoms with Crippen LogP contribution in [0.15, 0.2) is 78.9 Å². The average molecular weight is 418 g/mol. The van der Waals surface area contributed by atoms with E-state index in [-0.39, 0.29) is 0 Å². The lowest BCUT2D eigenvalue weighted by Gasteiger charge is -2.15. The van der Waals surface area contributed by atoms with E-state index in [1.165, 1.54) is 5.56 Å². The molecule has 0 aromatic heterocycles. The van der Waals surface area contributed by atoms with Gasteiger partial charge < -0.3 is 9.47 Å². The van der Waals surface area contributed by atoms with Crippen LogP contribution < -0.4 is 20.3 Å². The molecule has 1 unspecified atom stereocenters. The minimum Gasteiger partial charge on any atom is -0.489 e. The van der Waals surface area contributed by atoms with Crippen molar-refractivity contribution in [1.82, 2.24) is 10.9 Å². The van der Waals surface area contributed by atoms with Crippen LogP contribution in [0, 0.1) is 0 Å². The molecule has 3 aromatic rings. The highest BCUT2D eigenvalue weighted by Gasteiger charge is 2.16. The number of aryl methyl sites for hydroxylation is 1. The fourth-order valence-electron chi connectivity index (χ4n) is 2.80. The highest BCUT2D eigenvalue weighted by molar-refractivity contribution is 5.95. The molecule has 31 heavy (non-hydrogen) atoms. The van der Waals surface area contributed by atoms with E-state index in [0.29, 0.717) is 23.7 Å². The SMILES string of the molecule is CCc1ccc(OC(C)C(=O)NNC(=O)c2ccc(OCc3ccccc3)cc2)cc1. The Bertz CT molecular complexity index is 986. The summed E-state index contributed by atoms with van der Waals surface area (Å²) in [5.74, 6) is 0.371. The Balaban J connectivity index is 1.45. The Morgan fingerprint density at radius 1 is 0.806 bits per heavy atom. The molecule has 3 aromatic carbocycles. The van der Waals surface area contributed by atoms with Gasteiger partial charge in [-0.25, -0.2) is 0 Å². The third-order valence-electron chi connectivity index (χ3n) is 4.68. The van der Waals surface area contributed by atoms with Gasteiger partial charge in [-0.1, -0.05) is 49.4 Å². The van der Waals surface area contributed by atoms with Gasteiger partial charge in [0.1, 0.15) is 18.1 Å². The van der Waals surface area contributed by atoms with Crippen molar-refractivity contribution < 1.29 is 19.1 Å². The van der Waals surface area contributed by atoms with Gasteiger partial charge in [-0.05, 0) is 60.9 Å². The van der Waals surface area contributed by atoms with Crippen LogP contribution in [0.1, 0.15) is 35.3 Å². The van der Waals surface area contributed by atoms with Gasteiger partial charge in [-0.15, -0.1) is 0 Å². The zero-order chi connectivity index (χ0) is 22.1. The number of amides is 2. The van der Waals surface area contributed by atoms with Gasteiger partial charge in [0, 0.05) is 5.56 Å². The van der Waals surface area contributed by atoms with Crippen molar-refractivity contribution >= 4 is 11.8 Å². The third kappa shape index (κ3) is 6.60. The second kappa shape index (κ2) is 10.8. The standard InChI is InChI=1S/C25H26N2O4/c1-3-19-9-13-23(14-10-19)31-18(2)24(28)26-27-25(29)21-11-15-22(16-12-21)30-17-20-7-5-4-6-8-20/h4-16,18H,3,17H2,1-2H3,(H,26,28)(H,27,29). The first-order chi connectivity index (χ1) is 15.0. The number of carbonyl (C=O) groups is 2.